The Balaban J connectivity index is 3.70. The van der Waals surface area contributed by atoms with Crippen LogP contribution in [0.25, 0.3) is 6.08 Å². The Bertz CT molecular complexity index is 673. The van der Waals surface area contributed by atoms with E-state index < -0.39 is 5.78 Å². The minimum absolute atomic E-state index is 0.0922. The molecule has 0 bridgehead atoms. The molecule has 0 saturated heterocycles. The molecule has 0 aromatic heterocycles. The summed E-state index contributed by atoms with van der Waals surface area (Å²) in [6, 6.07) is 5.41. The number of phenolic OH excluding ortho intramolecular Hbond substituents is 1. The van der Waals surface area contributed by atoms with Gasteiger partial charge in [0.25, 0.3) is 0 Å². The Morgan fingerprint density at radius 2 is 1.57 bits per heavy atom. The van der Waals surface area contributed by atoms with Crippen molar-refractivity contribution in [1.29, 1.82) is 10.7 Å². The zero-order chi connectivity index (χ0) is 18.0. The van der Waals surface area contributed by atoms with Crippen LogP contribution in [-0.4, -0.2) is 17.1 Å². The van der Waals surface area contributed by atoms with Gasteiger partial charge in [0, 0.05) is 11.1 Å². The fourth-order valence-corrected chi connectivity index (χ4v) is 2.29. The highest BCUT2D eigenvalue weighted by molar-refractivity contribution is 6.36. The van der Waals surface area contributed by atoms with Crippen molar-refractivity contribution >= 4 is 18.1 Å². The first-order chi connectivity index (χ1) is 10.4. The standard InChI is InChI=1S/C19H24N2O2/c1-18(2,3)14-8-12(7-13(10-20)16(22)11-21)9-15(17(14)23)19(4,5)6/h7-9,11,21,23H,1-6H3. The second kappa shape index (κ2) is 6.37. The normalized spacial score (nSPS) is 12.7. The summed E-state index contributed by atoms with van der Waals surface area (Å²) in [6.07, 6.45) is 2.10. The molecule has 0 fully saturated rings. The second-order valence-electron chi connectivity index (χ2n) is 7.64. The van der Waals surface area contributed by atoms with Crippen LogP contribution in [0.4, 0.5) is 0 Å². The molecule has 0 radical (unpaired) electrons. The van der Waals surface area contributed by atoms with Gasteiger partial charge in [-0.1, -0.05) is 41.5 Å². The lowest BCUT2D eigenvalue weighted by atomic mass is 9.78. The van der Waals surface area contributed by atoms with Gasteiger partial charge < -0.3 is 10.5 Å². The van der Waals surface area contributed by atoms with Crippen LogP contribution in [0.5, 0.6) is 5.75 Å². The fraction of sp³-hybridized carbons (Fsp3) is 0.421. The van der Waals surface area contributed by atoms with Crippen molar-refractivity contribution in [3.8, 4) is 11.8 Å². The third kappa shape index (κ3) is 4.29. The molecular formula is C19H24N2O2. The molecule has 1 rings (SSSR count). The number of nitrogens with one attached hydrogen (secondary N) is 1. The van der Waals surface area contributed by atoms with Gasteiger partial charge in [-0.2, -0.15) is 5.26 Å². The van der Waals surface area contributed by atoms with Gasteiger partial charge >= 0.3 is 0 Å². The van der Waals surface area contributed by atoms with E-state index in [1.54, 1.807) is 12.1 Å². The van der Waals surface area contributed by atoms with E-state index in [-0.39, 0.29) is 22.2 Å². The lowest BCUT2D eigenvalue weighted by molar-refractivity contribution is -0.109. The summed E-state index contributed by atoms with van der Waals surface area (Å²) >= 11 is 0. The molecule has 1 aromatic carbocycles. The Morgan fingerprint density at radius 1 is 1.13 bits per heavy atom. The Kier molecular flexibility index (Phi) is 5.17. The maximum absolute atomic E-state index is 11.6. The second-order valence-corrected chi connectivity index (χ2v) is 7.64. The minimum atomic E-state index is -0.629. The maximum atomic E-state index is 11.6. The topological polar surface area (TPSA) is 84.9 Å². The Hall–Kier alpha value is -2.41. The number of allylic oxidation sites excluding steroid dienone is 1. The highest BCUT2D eigenvalue weighted by Crippen LogP contribution is 2.40. The molecule has 4 heteroatoms. The van der Waals surface area contributed by atoms with Gasteiger partial charge in [-0.05, 0) is 34.6 Å². The smallest absolute Gasteiger partial charge is 0.213 e. The Morgan fingerprint density at radius 3 is 1.87 bits per heavy atom. The highest BCUT2D eigenvalue weighted by Gasteiger charge is 2.26. The first kappa shape index (κ1) is 18.6. The molecule has 4 nitrogen and oxygen atoms in total. The number of nitriles is 1. The number of hydrogen-bond acceptors (Lipinski definition) is 4. The monoisotopic (exact) mass is 312 g/mol. The van der Waals surface area contributed by atoms with Gasteiger partial charge in [-0.15, -0.1) is 0 Å². The van der Waals surface area contributed by atoms with Gasteiger partial charge in [0.15, 0.2) is 0 Å². The molecule has 122 valence electrons. The van der Waals surface area contributed by atoms with Crippen LogP contribution >= 0.6 is 0 Å². The molecule has 0 aliphatic rings. The number of carbonyl (C=O) groups is 1. The van der Waals surface area contributed by atoms with Crippen molar-refractivity contribution in [2.45, 2.75) is 52.4 Å². The van der Waals surface area contributed by atoms with Gasteiger partial charge in [-0.25, -0.2) is 0 Å². The van der Waals surface area contributed by atoms with Crippen molar-refractivity contribution in [1.82, 2.24) is 0 Å². The molecule has 0 atom stereocenters. The first-order valence-electron chi connectivity index (χ1n) is 7.46. The number of benzene rings is 1. The van der Waals surface area contributed by atoms with E-state index in [0.29, 0.717) is 11.8 Å². The van der Waals surface area contributed by atoms with Crippen LogP contribution < -0.4 is 0 Å². The number of rotatable bonds is 3. The summed E-state index contributed by atoms with van der Waals surface area (Å²) in [7, 11) is 0. The van der Waals surface area contributed by atoms with Crippen molar-refractivity contribution in [2.75, 3.05) is 0 Å². The zero-order valence-electron chi connectivity index (χ0n) is 14.6. The lowest BCUT2D eigenvalue weighted by Gasteiger charge is -2.27. The molecule has 0 aliphatic heterocycles. The van der Waals surface area contributed by atoms with Gasteiger partial charge in [0.1, 0.15) is 17.4 Å². The number of Topliss-reactive ketones (excluding diaryl/α,β-unsaturated/α-hetero) is 1. The van der Waals surface area contributed by atoms with E-state index in [1.165, 1.54) is 6.08 Å². The summed E-state index contributed by atoms with van der Waals surface area (Å²) in [5.74, 6) is -0.380. The van der Waals surface area contributed by atoms with Crippen LogP contribution in [0.1, 0.15) is 58.2 Å². The van der Waals surface area contributed by atoms with Gasteiger partial charge in [0.2, 0.25) is 5.78 Å². The molecule has 23 heavy (non-hydrogen) atoms. The molecule has 0 unspecified atom stereocenters. The number of ketones is 1. The van der Waals surface area contributed by atoms with Crippen LogP contribution in [0.2, 0.25) is 0 Å². The van der Waals surface area contributed by atoms with E-state index in [1.807, 2.05) is 47.6 Å². The molecule has 0 aliphatic carbocycles. The van der Waals surface area contributed by atoms with Gasteiger partial charge in [-0.3, -0.25) is 4.79 Å². The van der Waals surface area contributed by atoms with Crippen molar-refractivity contribution in [3.05, 3.63) is 34.4 Å². The Labute approximate surface area is 138 Å². The number of aromatic hydroxyl groups is 1. The molecule has 2 N–H and O–H groups in total. The van der Waals surface area contributed by atoms with Crippen molar-refractivity contribution < 1.29 is 9.90 Å². The van der Waals surface area contributed by atoms with Crippen LogP contribution in [0.3, 0.4) is 0 Å². The minimum Gasteiger partial charge on any atom is -0.507 e. The molecule has 0 heterocycles. The van der Waals surface area contributed by atoms with E-state index in [0.717, 1.165) is 11.1 Å². The molecule has 0 saturated carbocycles. The summed E-state index contributed by atoms with van der Waals surface area (Å²) in [4.78, 5) is 11.6. The molecule has 0 amide bonds. The summed E-state index contributed by atoms with van der Waals surface area (Å²) in [5, 5.41) is 26.8. The van der Waals surface area contributed by atoms with E-state index >= 15 is 0 Å². The number of hydrogen-bond donors (Lipinski definition) is 2. The van der Waals surface area contributed by atoms with Gasteiger partial charge in [0.05, 0.1) is 6.21 Å². The maximum Gasteiger partial charge on any atom is 0.213 e. The summed E-state index contributed by atoms with van der Waals surface area (Å²) in [5.41, 5.74) is 1.53. The molecule has 0 spiro atoms. The SMILES string of the molecule is CC(C)(C)c1cc(C=C(C#N)C(=O)C=N)cc(C(C)(C)C)c1O. The highest BCUT2D eigenvalue weighted by atomic mass is 16.3. The largest absolute Gasteiger partial charge is 0.507 e. The van der Waals surface area contributed by atoms with Crippen molar-refractivity contribution in [2.24, 2.45) is 0 Å². The summed E-state index contributed by atoms with van der Waals surface area (Å²) < 4.78 is 0. The van der Waals surface area contributed by atoms with Crippen LogP contribution in [0.15, 0.2) is 17.7 Å². The molecule has 1 aromatic rings. The van der Waals surface area contributed by atoms with Crippen LogP contribution in [0, 0.1) is 16.7 Å². The predicted molar refractivity (Wildman–Crippen MR) is 92.9 cm³/mol. The number of carbonyl (C=O) groups excluding carboxylic acids is 1. The third-order valence-electron chi connectivity index (χ3n) is 3.58. The average Bonchev–Trinajstić information content (AvgIpc) is 2.42. The van der Waals surface area contributed by atoms with E-state index in [9.17, 15) is 9.90 Å². The number of phenols is 1. The predicted octanol–water partition coefficient (Wildman–Crippen LogP) is 4.11. The third-order valence-corrected chi connectivity index (χ3v) is 3.58. The van der Waals surface area contributed by atoms with E-state index in [4.69, 9.17) is 10.7 Å². The lowest BCUT2D eigenvalue weighted by Crippen LogP contribution is -2.17. The first-order valence-corrected chi connectivity index (χ1v) is 7.46. The van der Waals surface area contributed by atoms with Crippen LogP contribution in [-0.2, 0) is 15.6 Å². The fourth-order valence-electron chi connectivity index (χ4n) is 2.29. The average molecular weight is 312 g/mol. The van der Waals surface area contributed by atoms with Crippen molar-refractivity contribution in [3.63, 3.8) is 0 Å². The van der Waals surface area contributed by atoms with E-state index in [2.05, 4.69) is 0 Å². The quantitative estimate of drug-likeness (QED) is 0.500. The molecular weight excluding hydrogens is 288 g/mol. The zero-order valence-corrected chi connectivity index (χ0v) is 14.6. The summed E-state index contributed by atoms with van der Waals surface area (Å²) in [6.45, 7) is 12.0. The number of nitrogens with zero attached hydrogens (tertiary/aromatic N) is 1.